The Bertz CT molecular complexity index is 1140. The molecule has 9 nitrogen and oxygen atoms in total. The lowest BCUT2D eigenvalue weighted by atomic mass is 10.1. The summed E-state index contributed by atoms with van der Waals surface area (Å²) in [6.45, 7) is 1.87. The standard InChI is InChI=1S/C23H25ClN6O3/c1-32-19-7-6-17(28-23(19)33-2)13-27-22(31)20-21(30-8-4-3-5-9-30)26-14-18(29-20)15-10-16(24)12-25-11-15/h6-7,10-12,14H,3-5,8-9,13H2,1-2H3,(H,27,31). The molecule has 3 aromatic rings. The molecule has 0 atom stereocenters. The Morgan fingerprint density at radius 2 is 1.91 bits per heavy atom. The zero-order valence-electron chi connectivity index (χ0n) is 18.5. The van der Waals surface area contributed by atoms with Gasteiger partial charge in [0, 0.05) is 31.0 Å². The van der Waals surface area contributed by atoms with Crippen LogP contribution in [0.15, 0.2) is 36.8 Å². The normalized spacial score (nSPS) is 13.5. The lowest BCUT2D eigenvalue weighted by molar-refractivity contribution is 0.0945. The summed E-state index contributed by atoms with van der Waals surface area (Å²) in [5.74, 6) is 1.12. The molecule has 4 heterocycles. The third kappa shape index (κ3) is 5.31. The maximum Gasteiger partial charge on any atom is 0.274 e. The second-order valence-electron chi connectivity index (χ2n) is 7.56. The second kappa shape index (κ2) is 10.4. The minimum Gasteiger partial charge on any atom is -0.491 e. The molecule has 33 heavy (non-hydrogen) atoms. The number of aromatic nitrogens is 4. The van der Waals surface area contributed by atoms with Gasteiger partial charge < -0.3 is 19.7 Å². The van der Waals surface area contributed by atoms with E-state index in [1.807, 2.05) is 0 Å². The summed E-state index contributed by atoms with van der Waals surface area (Å²) in [5.41, 5.74) is 2.11. The third-order valence-corrected chi connectivity index (χ3v) is 5.56. The summed E-state index contributed by atoms with van der Waals surface area (Å²) in [7, 11) is 3.06. The summed E-state index contributed by atoms with van der Waals surface area (Å²) in [4.78, 5) is 33.1. The van der Waals surface area contributed by atoms with E-state index in [4.69, 9.17) is 21.1 Å². The topological polar surface area (TPSA) is 102 Å². The number of pyridine rings is 2. The van der Waals surface area contributed by atoms with Crippen molar-refractivity contribution >= 4 is 23.3 Å². The van der Waals surface area contributed by atoms with Gasteiger partial charge in [-0.3, -0.25) is 9.78 Å². The highest BCUT2D eigenvalue weighted by molar-refractivity contribution is 6.30. The monoisotopic (exact) mass is 468 g/mol. The smallest absolute Gasteiger partial charge is 0.274 e. The fourth-order valence-corrected chi connectivity index (χ4v) is 3.86. The molecule has 1 N–H and O–H groups in total. The van der Waals surface area contributed by atoms with E-state index in [0.717, 1.165) is 25.9 Å². The summed E-state index contributed by atoms with van der Waals surface area (Å²) < 4.78 is 10.5. The maximum absolute atomic E-state index is 13.2. The molecule has 0 saturated carbocycles. The highest BCUT2D eigenvalue weighted by Gasteiger charge is 2.23. The van der Waals surface area contributed by atoms with Crippen molar-refractivity contribution in [2.45, 2.75) is 25.8 Å². The SMILES string of the molecule is COc1ccc(CNC(=O)c2nc(-c3cncc(Cl)c3)cnc2N2CCCCC2)nc1OC. The maximum atomic E-state index is 13.2. The number of hydrogen-bond donors (Lipinski definition) is 1. The Morgan fingerprint density at radius 1 is 1.09 bits per heavy atom. The van der Waals surface area contributed by atoms with Crippen LogP contribution in [0.4, 0.5) is 5.82 Å². The number of carbonyl (C=O) groups is 1. The second-order valence-corrected chi connectivity index (χ2v) is 8.00. The van der Waals surface area contributed by atoms with Gasteiger partial charge >= 0.3 is 0 Å². The molecule has 0 radical (unpaired) electrons. The predicted octanol–water partition coefficient (Wildman–Crippen LogP) is 3.52. The Morgan fingerprint density at radius 3 is 2.64 bits per heavy atom. The van der Waals surface area contributed by atoms with E-state index in [0.29, 0.717) is 39.4 Å². The van der Waals surface area contributed by atoms with Crippen LogP contribution in [0.1, 0.15) is 35.4 Å². The van der Waals surface area contributed by atoms with Crippen molar-refractivity contribution in [1.82, 2.24) is 25.3 Å². The van der Waals surface area contributed by atoms with E-state index in [2.05, 4.69) is 30.2 Å². The molecule has 0 aromatic carbocycles. The van der Waals surface area contributed by atoms with Gasteiger partial charge in [-0.15, -0.1) is 0 Å². The summed E-state index contributed by atoms with van der Waals surface area (Å²) in [5, 5.41) is 3.39. The van der Waals surface area contributed by atoms with Crippen LogP contribution < -0.4 is 19.7 Å². The van der Waals surface area contributed by atoms with Crippen LogP contribution in [0.25, 0.3) is 11.3 Å². The molecule has 10 heteroatoms. The molecule has 1 amide bonds. The number of methoxy groups -OCH3 is 2. The highest BCUT2D eigenvalue weighted by atomic mass is 35.5. The number of ether oxygens (including phenoxy) is 2. The third-order valence-electron chi connectivity index (χ3n) is 5.35. The Kier molecular flexibility index (Phi) is 7.19. The van der Waals surface area contributed by atoms with Crippen LogP contribution in [0.5, 0.6) is 11.6 Å². The van der Waals surface area contributed by atoms with Crippen LogP contribution in [-0.2, 0) is 6.54 Å². The summed E-state index contributed by atoms with van der Waals surface area (Å²) in [6, 6.07) is 5.26. The van der Waals surface area contributed by atoms with Crippen molar-refractivity contribution in [1.29, 1.82) is 0 Å². The molecular formula is C23H25ClN6O3. The Labute approximate surface area is 197 Å². The zero-order valence-corrected chi connectivity index (χ0v) is 19.3. The number of anilines is 1. The van der Waals surface area contributed by atoms with Gasteiger partial charge in [0.15, 0.2) is 17.3 Å². The quantitative estimate of drug-likeness (QED) is 0.561. The van der Waals surface area contributed by atoms with Crippen LogP contribution in [0, 0.1) is 0 Å². The molecule has 0 unspecified atom stereocenters. The van der Waals surface area contributed by atoms with E-state index in [1.54, 1.807) is 43.9 Å². The van der Waals surface area contributed by atoms with Crippen LogP contribution in [0.2, 0.25) is 5.02 Å². The van der Waals surface area contributed by atoms with Gasteiger partial charge in [-0.1, -0.05) is 11.6 Å². The zero-order chi connectivity index (χ0) is 23.2. The lowest BCUT2D eigenvalue weighted by Crippen LogP contribution is -2.34. The number of hydrogen-bond acceptors (Lipinski definition) is 8. The van der Waals surface area contributed by atoms with Crippen LogP contribution in [-0.4, -0.2) is 53.2 Å². The highest BCUT2D eigenvalue weighted by Crippen LogP contribution is 2.26. The first-order chi connectivity index (χ1) is 16.1. The van der Waals surface area contributed by atoms with E-state index in [9.17, 15) is 4.79 Å². The first-order valence-electron chi connectivity index (χ1n) is 10.7. The number of carbonyl (C=O) groups excluding carboxylic acids is 1. The molecule has 1 aliphatic heterocycles. The fourth-order valence-electron chi connectivity index (χ4n) is 3.68. The summed E-state index contributed by atoms with van der Waals surface area (Å²) >= 11 is 6.09. The molecule has 1 aliphatic rings. The first-order valence-corrected chi connectivity index (χ1v) is 11.1. The van der Waals surface area contributed by atoms with Crippen molar-refractivity contribution in [3.05, 3.63) is 53.2 Å². The van der Waals surface area contributed by atoms with Gasteiger partial charge in [-0.2, -0.15) is 0 Å². The number of nitrogens with one attached hydrogen (secondary N) is 1. The van der Waals surface area contributed by atoms with Gasteiger partial charge in [-0.25, -0.2) is 15.0 Å². The molecule has 4 rings (SSSR count). The number of halogens is 1. The summed E-state index contributed by atoms with van der Waals surface area (Å²) in [6.07, 6.45) is 8.12. The van der Waals surface area contributed by atoms with Crippen molar-refractivity contribution in [2.24, 2.45) is 0 Å². The molecule has 172 valence electrons. The first kappa shape index (κ1) is 22.7. The lowest BCUT2D eigenvalue weighted by Gasteiger charge is -2.28. The average Bonchev–Trinajstić information content (AvgIpc) is 2.87. The van der Waals surface area contributed by atoms with Crippen molar-refractivity contribution in [2.75, 3.05) is 32.2 Å². The molecule has 0 spiro atoms. The number of rotatable bonds is 7. The van der Waals surface area contributed by atoms with Crippen molar-refractivity contribution in [3.63, 3.8) is 0 Å². The number of amides is 1. The molecule has 1 fully saturated rings. The molecule has 0 bridgehead atoms. The van der Waals surface area contributed by atoms with Gasteiger partial charge in [0.25, 0.3) is 11.8 Å². The van der Waals surface area contributed by atoms with Gasteiger partial charge in [-0.05, 0) is 37.5 Å². The van der Waals surface area contributed by atoms with E-state index in [-0.39, 0.29) is 18.1 Å². The van der Waals surface area contributed by atoms with Gasteiger partial charge in [0.2, 0.25) is 0 Å². The minimum absolute atomic E-state index is 0.198. The van der Waals surface area contributed by atoms with Crippen LogP contribution >= 0.6 is 11.6 Å². The van der Waals surface area contributed by atoms with Crippen molar-refractivity contribution in [3.8, 4) is 22.9 Å². The van der Waals surface area contributed by atoms with E-state index < -0.39 is 0 Å². The Balaban J connectivity index is 1.61. The Hall–Kier alpha value is -3.46. The largest absolute Gasteiger partial charge is 0.491 e. The van der Waals surface area contributed by atoms with Gasteiger partial charge in [0.05, 0.1) is 43.4 Å². The molecule has 1 saturated heterocycles. The molecular weight excluding hydrogens is 444 g/mol. The molecule has 0 aliphatic carbocycles. The fraction of sp³-hybridized carbons (Fsp3) is 0.348. The van der Waals surface area contributed by atoms with E-state index in [1.165, 1.54) is 13.5 Å². The van der Waals surface area contributed by atoms with Gasteiger partial charge in [0.1, 0.15) is 0 Å². The number of piperidine rings is 1. The average molecular weight is 469 g/mol. The van der Waals surface area contributed by atoms with Crippen LogP contribution in [0.3, 0.4) is 0 Å². The minimum atomic E-state index is -0.337. The molecule has 3 aromatic heterocycles. The number of nitrogens with zero attached hydrogens (tertiary/aromatic N) is 5. The van der Waals surface area contributed by atoms with Crippen molar-refractivity contribution < 1.29 is 14.3 Å². The predicted molar refractivity (Wildman–Crippen MR) is 125 cm³/mol. The van der Waals surface area contributed by atoms with E-state index >= 15 is 0 Å².